The smallest absolute Gasteiger partial charge is 0.255 e. The first-order valence-corrected chi connectivity index (χ1v) is 11.1. The number of hydrogen-bond acceptors (Lipinski definition) is 9. The van der Waals surface area contributed by atoms with E-state index in [1.54, 1.807) is 27.2 Å². The molecule has 0 spiro atoms. The Kier molecular flexibility index (Phi) is 5.97. The highest BCUT2D eigenvalue weighted by Crippen LogP contribution is 2.52. The molecule has 0 bridgehead atoms. The number of ketones is 2. The van der Waals surface area contributed by atoms with Gasteiger partial charge >= 0.3 is 0 Å². The molecule has 10 nitrogen and oxygen atoms in total. The topological polar surface area (TPSA) is 173 Å². The number of aromatic hydroxyl groups is 1. The second-order valence-corrected chi connectivity index (χ2v) is 9.28. The van der Waals surface area contributed by atoms with Crippen molar-refractivity contribution in [3.05, 3.63) is 51.5 Å². The first-order chi connectivity index (χ1) is 16.5. The molecule has 4 atom stereocenters. The van der Waals surface area contributed by atoms with Crippen molar-refractivity contribution in [1.29, 1.82) is 0 Å². The maximum atomic E-state index is 13.6. The van der Waals surface area contributed by atoms with Crippen molar-refractivity contribution < 1.29 is 34.8 Å². The molecule has 0 unspecified atom stereocenters. The van der Waals surface area contributed by atoms with Crippen LogP contribution in [0.25, 0.3) is 0 Å². The monoisotopic (exact) mass is 481 g/mol. The fraction of sp³-hybridized carbons (Fsp3) is 0.400. The zero-order valence-electron chi connectivity index (χ0n) is 19.5. The summed E-state index contributed by atoms with van der Waals surface area (Å²) in [6.07, 6.45) is 0.233. The van der Waals surface area contributed by atoms with Crippen LogP contribution in [0.2, 0.25) is 0 Å². The van der Waals surface area contributed by atoms with Gasteiger partial charge in [-0.25, -0.2) is 0 Å². The van der Waals surface area contributed by atoms with E-state index < -0.39 is 58.0 Å². The van der Waals surface area contributed by atoms with E-state index in [2.05, 4.69) is 17.2 Å². The van der Waals surface area contributed by atoms with Crippen LogP contribution in [0.15, 0.2) is 34.8 Å². The van der Waals surface area contributed by atoms with Gasteiger partial charge in [0.2, 0.25) is 5.78 Å². The number of phenols is 1. The van der Waals surface area contributed by atoms with Gasteiger partial charge in [-0.05, 0) is 57.6 Å². The predicted molar refractivity (Wildman–Crippen MR) is 124 cm³/mol. The SMILES string of the molecule is CNCC#Cc1ccc(O)c2c1C[C@@H]1C[C@H]3[C@H](N(C)C)C(O)=C(C(N)=O)C(=O)[C@@]3(O)C(O)=C1C2=O. The predicted octanol–water partition coefficient (Wildman–Crippen LogP) is -0.308. The average molecular weight is 482 g/mol. The number of fused-ring (bicyclic) bond motifs is 3. The number of nitrogens with two attached hydrogens (primary N) is 1. The minimum Gasteiger partial charge on any atom is -0.510 e. The van der Waals surface area contributed by atoms with E-state index in [0.717, 1.165) is 0 Å². The molecule has 35 heavy (non-hydrogen) atoms. The summed E-state index contributed by atoms with van der Waals surface area (Å²) in [6.45, 7) is 0.411. The highest BCUT2D eigenvalue weighted by atomic mass is 16.3. The van der Waals surface area contributed by atoms with Crippen LogP contribution in [0.1, 0.15) is 27.9 Å². The largest absolute Gasteiger partial charge is 0.510 e. The molecule has 0 saturated carbocycles. The van der Waals surface area contributed by atoms with Crippen molar-refractivity contribution in [2.45, 2.75) is 24.5 Å². The van der Waals surface area contributed by atoms with Crippen molar-refractivity contribution >= 4 is 17.5 Å². The molecule has 10 heteroatoms. The third kappa shape index (κ3) is 3.43. The normalized spacial score (nSPS) is 27.7. The minimum atomic E-state index is -2.65. The van der Waals surface area contributed by atoms with Gasteiger partial charge in [-0.15, -0.1) is 0 Å². The van der Waals surface area contributed by atoms with Gasteiger partial charge in [-0.3, -0.25) is 19.3 Å². The molecule has 0 aliphatic heterocycles. The van der Waals surface area contributed by atoms with Crippen LogP contribution in [0.4, 0.5) is 0 Å². The summed E-state index contributed by atoms with van der Waals surface area (Å²) in [6, 6.07) is 1.91. The molecule has 0 heterocycles. The van der Waals surface area contributed by atoms with Crippen LogP contribution in [-0.2, 0) is 16.0 Å². The number of carbonyl (C=O) groups is 3. The summed E-state index contributed by atoms with van der Waals surface area (Å²) >= 11 is 0. The summed E-state index contributed by atoms with van der Waals surface area (Å²) in [5, 5.41) is 47.0. The zero-order valence-corrected chi connectivity index (χ0v) is 19.5. The highest BCUT2D eigenvalue weighted by molar-refractivity contribution is 6.24. The Hall–Kier alpha value is -3.65. The Morgan fingerprint density at radius 2 is 1.94 bits per heavy atom. The Labute approximate surface area is 201 Å². The van der Waals surface area contributed by atoms with Crippen LogP contribution in [0, 0.1) is 23.7 Å². The molecule has 0 aromatic heterocycles. The van der Waals surface area contributed by atoms with E-state index >= 15 is 0 Å². The maximum Gasteiger partial charge on any atom is 0.255 e. The van der Waals surface area contributed by atoms with E-state index in [-0.39, 0.29) is 29.7 Å². The fourth-order valence-corrected chi connectivity index (χ4v) is 5.60. The molecule has 1 amide bonds. The maximum absolute atomic E-state index is 13.6. The second kappa shape index (κ2) is 8.53. The van der Waals surface area contributed by atoms with Gasteiger partial charge in [0, 0.05) is 17.1 Å². The minimum absolute atomic E-state index is 0.0325. The second-order valence-electron chi connectivity index (χ2n) is 9.28. The molecule has 0 saturated heterocycles. The van der Waals surface area contributed by atoms with Crippen LogP contribution in [0.3, 0.4) is 0 Å². The molecule has 3 aliphatic rings. The number of nitrogens with zero attached hydrogens (tertiary/aromatic N) is 1. The van der Waals surface area contributed by atoms with Crippen LogP contribution in [-0.4, -0.2) is 82.1 Å². The van der Waals surface area contributed by atoms with E-state index in [4.69, 9.17) is 5.73 Å². The number of primary amides is 1. The quantitative estimate of drug-likeness (QED) is 0.250. The van der Waals surface area contributed by atoms with Crippen molar-refractivity contribution in [3.8, 4) is 17.6 Å². The number of Topliss-reactive ketones (excluding diaryl/α,β-unsaturated/α-hetero) is 2. The number of allylic oxidation sites excluding steroid dienone is 1. The van der Waals surface area contributed by atoms with Gasteiger partial charge in [0.1, 0.15) is 22.8 Å². The van der Waals surface area contributed by atoms with Crippen molar-refractivity contribution in [1.82, 2.24) is 10.2 Å². The molecule has 184 valence electrons. The number of phenolic OH excluding ortho intramolecular Hbond substituents is 1. The Balaban J connectivity index is 1.94. The standard InChI is InChI=1S/C25H27N3O7/c1-27-8-4-5-11-6-7-15(29)17-13(11)9-12-10-14-19(28(2)3)21(31)18(24(26)34)23(33)25(14,35)22(32)16(12)20(17)30/h6-7,12,14,19,27,29,31-32,35H,8-10H2,1-3H3,(H2,26,34)/t12-,14+,19+,25+/m1/s1. The van der Waals surface area contributed by atoms with Gasteiger partial charge in [0.25, 0.3) is 5.91 Å². The number of rotatable bonds is 3. The van der Waals surface area contributed by atoms with Crippen LogP contribution >= 0.6 is 0 Å². The fourth-order valence-electron chi connectivity index (χ4n) is 5.60. The molecular weight excluding hydrogens is 454 g/mol. The summed E-state index contributed by atoms with van der Waals surface area (Å²) in [5.41, 5.74) is 2.65. The molecule has 1 aromatic carbocycles. The van der Waals surface area contributed by atoms with Gasteiger partial charge in [-0.2, -0.15) is 0 Å². The summed E-state index contributed by atoms with van der Waals surface area (Å²) in [4.78, 5) is 40.3. The lowest BCUT2D eigenvalue weighted by molar-refractivity contribution is -0.148. The van der Waals surface area contributed by atoms with E-state index in [1.807, 2.05) is 0 Å². The van der Waals surface area contributed by atoms with Gasteiger partial charge in [0.05, 0.1) is 18.2 Å². The van der Waals surface area contributed by atoms with E-state index in [9.17, 15) is 34.8 Å². The lowest BCUT2D eigenvalue weighted by Gasteiger charge is -2.50. The van der Waals surface area contributed by atoms with E-state index in [1.165, 1.54) is 11.0 Å². The Morgan fingerprint density at radius 3 is 2.54 bits per heavy atom. The lowest BCUT2D eigenvalue weighted by Crippen LogP contribution is -2.63. The van der Waals surface area contributed by atoms with Crippen molar-refractivity contribution in [2.75, 3.05) is 27.7 Å². The molecule has 4 rings (SSSR count). The zero-order chi connectivity index (χ0) is 25.8. The summed E-state index contributed by atoms with van der Waals surface area (Å²) < 4.78 is 0. The Morgan fingerprint density at radius 1 is 1.26 bits per heavy atom. The molecular formula is C25H27N3O7. The number of likely N-dealkylation sites (N-methyl/N-ethyl adjacent to an activating group) is 1. The first kappa shape index (κ1) is 24.5. The number of benzene rings is 1. The molecule has 7 N–H and O–H groups in total. The molecule has 1 aromatic rings. The van der Waals surface area contributed by atoms with Crippen LogP contribution in [0.5, 0.6) is 5.75 Å². The van der Waals surface area contributed by atoms with E-state index in [0.29, 0.717) is 17.7 Å². The Bertz CT molecular complexity index is 1280. The molecule has 0 radical (unpaired) electrons. The van der Waals surface area contributed by atoms with Crippen molar-refractivity contribution in [2.24, 2.45) is 17.6 Å². The highest BCUT2D eigenvalue weighted by Gasteiger charge is 2.63. The number of nitrogens with one attached hydrogen (secondary N) is 1. The van der Waals surface area contributed by atoms with Crippen molar-refractivity contribution in [3.63, 3.8) is 0 Å². The third-order valence-electron chi connectivity index (χ3n) is 7.09. The number of amides is 1. The first-order valence-electron chi connectivity index (χ1n) is 11.1. The molecule has 3 aliphatic carbocycles. The molecule has 0 fully saturated rings. The number of carbonyl (C=O) groups excluding carboxylic acids is 3. The number of aliphatic hydroxyl groups excluding tert-OH is 2. The van der Waals surface area contributed by atoms with Gasteiger partial charge < -0.3 is 31.5 Å². The number of hydrogen-bond donors (Lipinski definition) is 6. The summed E-state index contributed by atoms with van der Waals surface area (Å²) in [7, 11) is 4.91. The van der Waals surface area contributed by atoms with Crippen LogP contribution < -0.4 is 11.1 Å². The van der Waals surface area contributed by atoms with Gasteiger partial charge in [-0.1, -0.05) is 11.8 Å². The van der Waals surface area contributed by atoms with Gasteiger partial charge in [0.15, 0.2) is 11.4 Å². The summed E-state index contributed by atoms with van der Waals surface area (Å²) in [5.74, 6) is -0.829. The average Bonchev–Trinajstić information content (AvgIpc) is 2.77. The number of aliphatic hydroxyl groups is 3. The third-order valence-corrected chi connectivity index (χ3v) is 7.09. The lowest BCUT2D eigenvalue weighted by atomic mass is 9.58.